The number of aryl methyl sites for hydroxylation is 1. The van der Waals surface area contributed by atoms with Gasteiger partial charge in [-0.15, -0.1) is 11.3 Å². The normalized spacial score (nSPS) is 13.3. The van der Waals surface area contributed by atoms with Gasteiger partial charge in [0.25, 0.3) is 0 Å². The molecule has 1 heterocycles. The second-order valence-corrected chi connectivity index (χ2v) is 11.1. The number of halogens is 2. The van der Waals surface area contributed by atoms with E-state index in [1.807, 2.05) is 0 Å². The summed E-state index contributed by atoms with van der Waals surface area (Å²) in [4.78, 5) is 0.155. The van der Waals surface area contributed by atoms with Gasteiger partial charge in [-0.05, 0) is 66.4 Å². The standard InChI is InChI=1S/C19H17F2NO4S3/c1-13-11-16(8-9-17(13)21)29(25,26)22-12-19(18-3-2-10-27-18)28(23,24)15-6-4-14(20)5-7-15/h2-11,19,22H,12H2,1H3/t19-/m0/s1. The molecule has 0 unspecified atom stereocenters. The fourth-order valence-corrected chi connectivity index (χ4v) is 6.70. The Bertz CT molecular complexity index is 1210. The fourth-order valence-electron chi connectivity index (χ4n) is 2.68. The summed E-state index contributed by atoms with van der Waals surface area (Å²) < 4.78 is 80.3. The molecule has 10 heteroatoms. The van der Waals surface area contributed by atoms with Gasteiger partial charge in [-0.3, -0.25) is 0 Å². The van der Waals surface area contributed by atoms with Gasteiger partial charge in [-0.2, -0.15) is 0 Å². The lowest BCUT2D eigenvalue weighted by atomic mass is 10.2. The molecular formula is C19H17F2NO4S3. The van der Waals surface area contributed by atoms with E-state index in [2.05, 4.69) is 4.72 Å². The Labute approximate surface area is 172 Å². The molecule has 0 saturated carbocycles. The molecule has 0 amide bonds. The highest BCUT2D eigenvalue weighted by molar-refractivity contribution is 7.92. The molecule has 3 aromatic rings. The van der Waals surface area contributed by atoms with Crippen molar-refractivity contribution in [3.63, 3.8) is 0 Å². The zero-order valence-electron chi connectivity index (χ0n) is 15.2. The average Bonchev–Trinajstić information content (AvgIpc) is 3.18. The highest BCUT2D eigenvalue weighted by atomic mass is 32.2. The Kier molecular flexibility index (Phi) is 6.18. The van der Waals surface area contributed by atoms with Crippen molar-refractivity contribution in [2.75, 3.05) is 6.54 Å². The molecular weight excluding hydrogens is 440 g/mol. The Morgan fingerprint density at radius 3 is 2.21 bits per heavy atom. The third-order valence-electron chi connectivity index (χ3n) is 4.28. The van der Waals surface area contributed by atoms with Crippen molar-refractivity contribution < 1.29 is 25.6 Å². The van der Waals surface area contributed by atoms with Crippen molar-refractivity contribution in [2.45, 2.75) is 22.0 Å². The van der Waals surface area contributed by atoms with Crippen LogP contribution < -0.4 is 4.72 Å². The summed E-state index contributed by atoms with van der Waals surface area (Å²) in [5, 5.41) is 0.477. The van der Waals surface area contributed by atoms with Crippen LogP contribution in [0.3, 0.4) is 0 Å². The minimum absolute atomic E-state index is 0.117. The molecule has 0 aliphatic heterocycles. The summed E-state index contributed by atoms with van der Waals surface area (Å²) in [5.74, 6) is -1.12. The van der Waals surface area contributed by atoms with Crippen molar-refractivity contribution in [2.24, 2.45) is 0 Å². The van der Waals surface area contributed by atoms with E-state index < -0.39 is 43.3 Å². The number of rotatable bonds is 7. The third kappa shape index (κ3) is 4.72. The zero-order chi connectivity index (χ0) is 21.2. The van der Waals surface area contributed by atoms with Crippen LogP contribution in [0.4, 0.5) is 8.78 Å². The quantitative estimate of drug-likeness (QED) is 0.547. The Balaban J connectivity index is 1.93. The molecule has 1 aromatic heterocycles. The predicted octanol–water partition coefficient (Wildman–Crippen LogP) is 3.83. The molecule has 29 heavy (non-hydrogen) atoms. The lowest BCUT2D eigenvalue weighted by Crippen LogP contribution is -2.31. The molecule has 154 valence electrons. The summed E-state index contributed by atoms with van der Waals surface area (Å²) >= 11 is 1.17. The Hall–Kier alpha value is -2.14. The first-order chi connectivity index (χ1) is 13.6. The summed E-state index contributed by atoms with van der Waals surface area (Å²) in [7, 11) is -8.07. The Morgan fingerprint density at radius 2 is 1.62 bits per heavy atom. The highest BCUT2D eigenvalue weighted by Crippen LogP contribution is 2.32. The van der Waals surface area contributed by atoms with Crippen LogP contribution >= 0.6 is 11.3 Å². The van der Waals surface area contributed by atoms with E-state index in [9.17, 15) is 25.6 Å². The average molecular weight is 458 g/mol. The smallest absolute Gasteiger partial charge is 0.223 e. The summed E-state index contributed by atoms with van der Waals surface area (Å²) in [6.07, 6.45) is 0. The molecule has 3 rings (SSSR count). The molecule has 0 bridgehead atoms. The van der Waals surface area contributed by atoms with Gasteiger partial charge in [-0.25, -0.2) is 30.3 Å². The third-order valence-corrected chi connectivity index (χ3v) is 8.93. The number of sulfone groups is 1. The highest BCUT2D eigenvalue weighted by Gasteiger charge is 2.31. The SMILES string of the molecule is Cc1cc(S(=O)(=O)NC[C@@H](c2cccs2)S(=O)(=O)c2ccc(F)cc2)ccc1F. The van der Waals surface area contributed by atoms with Crippen molar-refractivity contribution in [1.82, 2.24) is 4.72 Å². The van der Waals surface area contributed by atoms with Gasteiger partial charge < -0.3 is 0 Å². The van der Waals surface area contributed by atoms with Crippen molar-refractivity contribution in [1.29, 1.82) is 0 Å². The molecule has 1 atom stereocenters. The molecule has 0 fully saturated rings. The number of benzene rings is 2. The maximum atomic E-state index is 13.4. The molecule has 1 N–H and O–H groups in total. The number of hydrogen-bond donors (Lipinski definition) is 1. The lowest BCUT2D eigenvalue weighted by Gasteiger charge is -2.18. The fraction of sp³-hybridized carbons (Fsp3) is 0.158. The van der Waals surface area contributed by atoms with Crippen LogP contribution in [-0.2, 0) is 19.9 Å². The van der Waals surface area contributed by atoms with Gasteiger partial charge in [-0.1, -0.05) is 6.07 Å². The first-order valence-electron chi connectivity index (χ1n) is 8.40. The van der Waals surface area contributed by atoms with Gasteiger partial charge in [0.05, 0.1) is 9.79 Å². The lowest BCUT2D eigenvalue weighted by molar-refractivity contribution is 0.569. The molecule has 0 spiro atoms. The van der Waals surface area contributed by atoms with Gasteiger partial charge in [0.1, 0.15) is 16.9 Å². The van der Waals surface area contributed by atoms with Crippen LogP contribution in [-0.4, -0.2) is 23.4 Å². The minimum atomic E-state index is -4.07. The predicted molar refractivity (Wildman–Crippen MR) is 107 cm³/mol. The van der Waals surface area contributed by atoms with Gasteiger partial charge in [0.15, 0.2) is 9.84 Å². The summed E-state index contributed by atoms with van der Waals surface area (Å²) in [6.45, 7) is 1.00. The minimum Gasteiger partial charge on any atom is -0.223 e. The Morgan fingerprint density at radius 1 is 0.966 bits per heavy atom. The van der Waals surface area contributed by atoms with E-state index >= 15 is 0 Å². The summed E-state index contributed by atoms with van der Waals surface area (Å²) in [5.41, 5.74) is 0.154. The van der Waals surface area contributed by atoms with Crippen LogP contribution in [0, 0.1) is 18.6 Å². The van der Waals surface area contributed by atoms with Gasteiger partial charge >= 0.3 is 0 Å². The largest absolute Gasteiger partial charge is 0.240 e. The maximum absolute atomic E-state index is 13.4. The number of nitrogens with one attached hydrogen (secondary N) is 1. The van der Waals surface area contributed by atoms with E-state index in [1.54, 1.807) is 17.5 Å². The van der Waals surface area contributed by atoms with E-state index in [-0.39, 0.29) is 15.4 Å². The van der Waals surface area contributed by atoms with Crippen molar-refractivity contribution >= 4 is 31.2 Å². The zero-order valence-corrected chi connectivity index (χ0v) is 17.6. The van der Waals surface area contributed by atoms with Crippen LogP contribution in [0.15, 0.2) is 69.8 Å². The van der Waals surface area contributed by atoms with Gasteiger partial charge in [0.2, 0.25) is 10.0 Å². The first kappa shape index (κ1) is 21.6. The van der Waals surface area contributed by atoms with Crippen molar-refractivity contribution in [3.05, 3.63) is 82.1 Å². The molecule has 5 nitrogen and oxygen atoms in total. The monoisotopic (exact) mass is 457 g/mol. The maximum Gasteiger partial charge on any atom is 0.240 e. The molecule has 0 radical (unpaired) electrons. The van der Waals surface area contributed by atoms with E-state index in [0.717, 1.165) is 36.4 Å². The van der Waals surface area contributed by atoms with Gasteiger partial charge in [0, 0.05) is 11.4 Å². The summed E-state index contributed by atoms with van der Waals surface area (Å²) in [6, 6.07) is 10.9. The second-order valence-electron chi connectivity index (χ2n) is 6.27. The van der Waals surface area contributed by atoms with Crippen LogP contribution in [0.2, 0.25) is 0 Å². The van der Waals surface area contributed by atoms with E-state index in [4.69, 9.17) is 0 Å². The molecule has 0 saturated heterocycles. The number of thiophene rings is 1. The van der Waals surface area contributed by atoms with Crippen LogP contribution in [0.5, 0.6) is 0 Å². The topological polar surface area (TPSA) is 80.3 Å². The number of hydrogen-bond acceptors (Lipinski definition) is 5. The van der Waals surface area contributed by atoms with Crippen molar-refractivity contribution in [3.8, 4) is 0 Å². The molecule has 0 aliphatic carbocycles. The molecule has 2 aromatic carbocycles. The van der Waals surface area contributed by atoms with Crippen LogP contribution in [0.25, 0.3) is 0 Å². The van der Waals surface area contributed by atoms with Crippen LogP contribution in [0.1, 0.15) is 15.7 Å². The second kappa shape index (κ2) is 8.31. The van der Waals surface area contributed by atoms with E-state index in [0.29, 0.717) is 4.88 Å². The first-order valence-corrected chi connectivity index (χ1v) is 12.3. The number of sulfonamides is 1. The van der Waals surface area contributed by atoms with E-state index in [1.165, 1.54) is 24.3 Å². The molecule has 0 aliphatic rings.